The smallest absolute Gasteiger partial charge is 0.217 e. The predicted octanol–water partition coefficient (Wildman–Crippen LogP) is 3.80. The van der Waals surface area contributed by atoms with Crippen molar-refractivity contribution in [1.82, 2.24) is 0 Å². The maximum absolute atomic E-state index is 10.2. The number of hydrogen-bond donors (Lipinski definition) is 1. The molecule has 3 N–H and O–H groups in total. The summed E-state index contributed by atoms with van der Waals surface area (Å²) in [6.45, 7) is 2.28. The second kappa shape index (κ2) is 19.9. The van der Waals surface area contributed by atoms with Crippen molar-refractivity contribution in [3.8, 4) is 0 Å². The van der Waals surface area contributed by atoms with Crippen molar-refractivity contribution in [3.05, 3.63) is 0 Å². The molecular weight excluding hydrogens is 314 g/mol. The molecule has 0 saturated carbocycles. The van der Waals surface area contributed by atoms with E-state index in [9.17, 15) is 13.0 Å². The Hall–Kier alpha value is -0.170. The van der Waals surface area contributed by atoms with Gasteiger partial charge in [0.2, 0.25) is 10.4 Å². The molecule has 0 rings (SSSR count). The topological polar surface area (TPSA) is 94.1 Å². The highest BCUT2D eigenvalue weighted by atomic mass is 32.3. The Morgan fingerprint density at radius 3 is 1.30 bits per heavy atom. The molecule has 0 fully saturated rings. The second-order valence-electron chi connectivity index (χ2n) is 5.83. The highest BCUT2D eigenvalue weighted by Gasteiger charge is 1.96. The molecule has 0 aliphatic carbocycles. The average Bonchev–Trinajstić information content (AvgIpc) is 2.52. The van der Waals surface area contributed by atoms with Crippen molar-refractivity contribution in [3.63, 3.8) is 0 Å². The zero-order valence-corrected chi connectivity index (χ0v) is 16.2. The van der Waals surface area contributed by atoms with E-state index in [0.717, 1.165) is 12.8 Å². The zero-order chi connectivity index (χ0) is 17.8. The lowest BCUT2D eigenvalue weighted by molar-refractivity contribution is -0.325. The molecule has 0 aromatic carbocycles. The fraction of sp³-hybridized carbons (Fsp3) is 1.00. The SMILES string of the molecule is CCCCCCCCCCCCCCCCOS(=O)(=O)[O-].C[NH3+]. The first kappa shape index (κ1) is 25.1. The quantitative estimate of drug-likeness (QED) is 0.259. The van der Waals surface area contributed by atoms with E-state index in [4.69, 9.17) is 0 Å². The summed E-state index contributed by atoms with van der Waals surface area (Å²) in [7, 11) is -2.74. The Kier molecular flexibility index (Phi) is 21.7. The van der Waals surface area contributed by atoms with Crippen LogP contribution in [0.5, 0.6) is 0 Å². The first-order valence-electron chi connectivity index (χ1n) is 9.37. The number of hydrogen-bond acceptors (Lipinski definition) is 4. The minimum Gasteiger partial charge on any atom is -0.726 e. The van der Waals surface area contributed by atoms with E-state index in [2.05, 4.69) is 16.8 Å². The minimum atomic E-state index is -4.49. The van der Waals surface area contributed by atoms with E-state index in [1.54, 1.807) is 7.05 Å². The molecule has 0 atom stereocenters. The van der Waals surface area contributed by atoms with Crippen molar-refractivity contribution in [2.24, 2.45) is 0 Å². The van der Waals surface area contributed by atoms with Gasteiger partial charge in [-0.05, 0) is 6.42 Å². The maximum atomic E-state index is 10.2. The van der Waals surface area contributed by atoms with E-state index < -0.39 is 10.4 Å². The van der Waals surface area contributed by atoms with E-state index in [-0.39, 0.29) is 6.61 Å². The van der Waals surface area contributed by atoms with E-state index in [1.165, 1.54) is 70.6 Å². The molecular formula is C17H39NO4S. The van der Waals surface area contributed by atoms with Gasteiger partial charge in [0.05, 0.1) is 13.7 Å². The number of quaternary nitrogens is 1. The molecule has 23 heavy (non-hydrogen) atoms. The maximum Gasteiger partial charge on any atom is 0.217 e. The van der Waals surface area contributed by atoms with Gasteiger partial charge in [-0.2, -0.15) is 0 Å². The molecule has 0 unspecified atom stereocenters. The summed E-state index contributed by atoms with van der Waals surface area (Å²) in [5.74, 6) is 0. The summed E-state index contributed by atoms with van der Waals surface area (Å²) < 4.78 is 34.7. The van der Waals surface area contributed by atoms with Gasteiger partial charge >= 0.3 is 0 Å². The second-order valence-corrected chi connectivity index (χ2v) is 6.88. The van der Waals surface area contributed by atoms with Crippen molar-refractivity contribution in [2.75, 3.05) is 13.7 Å². The molecule has 6 heteroatoms. The molecule has 5 nitrogen and oxygen atoms in total. The normalized spacial score (nSPS) is 11.1. The van der Waals surface area contributed by atoms with Crippen LogP contribution in [-0.4, -0.2) is 26.6 Å². The fourth-order valence-electron chi connectivity index (χ4n) is 2.46. The van der Waals surface area contributed by atoms with Crippen LogP contribution >= 0.6 is 0 Å². The van der Waals surface area contributed by atoms with Gasteiger partial charge in [0.25, 0.3) is 0 Å². The highest BCUT2D eigenvalue weighted by Crippen LogP contribution is 2.12. The van der Waals surface area contributed by atoms with Crippen LogP contribution in [0.15, 0.2) is 0 Å². The molecule has 0 spiro atoms. The van der Waals surface area contributed by atoms with Crippen LogP contribution in [0.25, 0.3) is 0 Å². The van der Waals surface area contributed by atoms with Crippen LogP contribution < -0.4 is 5.73 Å². The third kappa shape index (κ3) is 27.0. The third-order valence-corrected chi connectivity index (χ3v) is 4.18. The van der Waals surface area contributed by atoms with Gasteiger partial charge in [0.15, 0.2) is 0 Å². The molecule has 0 amide bonds. The molecule has 0 saturated heterocycles. The van der Waals surface area contributed by atoms with E-state index in [0.29, 0.717) is 6.42 Å². The lowest BCUT2D eigenvalue weighted by Crippen LogP contribution is -2.40. The molecule has 0 aromatic rings. The van der Waals surface area contributed by atoms with Gasteiger partial charge in [0.1, 0.15) is 0 Å². The Morgan fingerprint density at radius 2 is 1.00 bits per heavy atom. The first-order valence-corrected chi connectivity index (χ1v) is 10.7. The van der Waals surface area contributed by atoms with Gasteiger partial charge in [-0.15, -0.1) is 0 Å². The summed E-state index contributed by atoms with van der Waals surface area (Å²) in [6, 6.07) is 0. The summed E-state index contributed by atoms with van der Waals surface area (Å²) in [6.07, 6.45) is 17.4. The Labute approximate surface area is 144 Å². The molecule has 0 aliphatic heterocycles. The van der Waals surface area contributed by atoms with Crippen molar-refractivity contribution in [2.45, 2.75) is 96.8 Å². The lowest BCUT2D eigenvalue weighted by atomic mass is 10.0. The monoisotopic (exact) mass is 353 g/mol. The molecule has 142 valence electrons. The van der Waals surface area contributed by atoms with Crippen molar-refractivity contribution < 1.29 is 22.9 Å². The van der Waals surface area contributed by atoms with Gasteiger partial charge in [0, 0.05) is 0 Å². The van der Waals surface area contributed by atoms with E-state index >= 15 is 0 Å². The average molecular weight is 354 g/mol. The van der Waals surface area contributed by atoms with Gasteiger partial charge in [-0.3, -0.25) is 4.18 Å². The highest BCUT2D eigenvalue weighted by molar-refractivity contribution is 7.80. The van der Waals surface area contributed by atoms with Crippen LogP contribution in [0.4, 0.5) is 0 Å². The van der Waals surface area contributed by atoms with Crippen LogP contribution in [0.3, 0.4) is 0 Å². The summed E-state index contributed by atoms with van der Waals surface area (Å²) in [4.78, 5) is 0. The minimum absolute atomic E-state index is 0.0316. The summed E-state index contributed by atoms with van der Waals surface area (Å²) in [5, 5.41) is 0. The third-order valence-electron chi connectivity index (χ3n) is 3.73. The number of unbranched alkanes of at least 4 members (excludes halogenated alkanes) is 13. The Bertz CT molecular complexity index is 308. The van der Waals surface area contributed by atoms with Crippen molar-refractivity contribution >= 4 is 10.4 Å². The molecule has 0 bridgehead atoms. The summed E-state index contributed by atoms with van der Waals surface area (Å²) in [5.41, 5.74) is 3.25. The predicted molar refractivity (Wildman–Crippen MR) is 94.8 cm³/mol. The van der Waals surface area contributed by atoms with Gasteiger partial charge < -0.3 is 10.3 Å². The Morgan fingerprint density at radius 1 is 0.696 bits per heavy atom. The molecule has 0 radical (unpaired) electrons. The van der Waals surface area contributed by atoms with Crippen LogP contribution in [0.1, 0.15) is 96.8 Å². The van der Waals surface area contributed by atoms with Crippen molar-refractivity contribution in [1.29, 1.82) is 0 Å². The number of rotatable bonds is 16. The molecule has 0 aliphatic rings. The van der Waals surface area contributed by atoms with Gasteiger partial charge in [-0.25, -0.2) is 8.42 Å². The fourth-order valence-corrected chi connectivity index (χ4v) is 2.78. The molecule has 0 aromatic heterocycles. The largest absolute Gasteiger partial charge is 0.726 e. The standard InChI is InChI=1S/C16H34O4S.CH5N/c1-2-3-4-5-6-7-8-9-10-11-12-13-14-15-16-20-21(17,18)19;1-2/h2-16H2,1H3,(H,17,18,19);2H2,1H3. The Balaban J connectivity index is 0. The summed E-state index contributed by atoms with van der Waals surface area (Å²) >= 11 is 0. The van der Waals surface area contributed by atoms with Gasteiger partial charge in [-0.1, -0.05) is 90.4 Å². The van der Waals surface area contributed by atoms with Crippen LogP contribution in [0, 0.1) is 0 Å². The van der Waals surface area contributed by atoms with Crippen LogP contribution in [-0.2, 0) is 14.6 Å². The van der Waals surface area contributed by atoms with Crippen LogP contribution in [0.2, 0.25) is 0 Å². The van der Waals surface area contributed by atoms with E-state index in [1.807, 2.05) is 0 Å². The first-order chi connectivity index (χ1) is 11.1. The lowest BCUT2D eigenvalue weighted by Gasteiger charge is -2.07. The zero-order valence-electron chi connectivity index (χ0n) is 15.4. The molecule has 0 heterocycles.